The van der Waals surface area contributed by atoms with Crippen LogP contribution >= 0.6 is 0 Å². The van der Waals surface area contributed by atoms with Gasteiger partial charge in [-0.1, -0.05) is 39.0 Å². The average Bonchev–Trinajstić information content (AvgIpc) is 2.20. The Balaban J connectivity index is 3.36. The molecule has 80 valence electrons. The topological polar surface area (TPSA) is 26.3 Å². The quantitative estimate of drug-likeness (QED) is 0.282. The molecule has 2 nitrogen and oxygen atoms in total. The van der Waals surface area contributed by atoms with E-state index >= 15 is 0 Å². The van der Waals surface area contributed by atoms with Gasteiger partial charge in [0.2, 0.25) is 0 Å². The molecule has 0 spiro atoms. The fraction of sp³-hybridized carbons (Fsp3) is 0.750. The molecular weight excluding hydrogens is 176 g/mol. The van der Waals surface area contributed by atoms with Crippen LogP contribution in [0.5, 0.6) is 0 Å². The smallest absolute Gasteiger partial charge is 0.384 e. The Kier molecular flexibility index (Phi) is 9.41. The van der Waals surface area contributed by atoms with Gasteiger partial charge >= 0.3 is 5.97 Å². The SMILES string of the molecule is CCCCCCC#CC(=O)OCCC. The molecule has 0 unspecified atom stereocenters. The molecule has 0 aliphatic heterocycles. The number of unbranched alkanes of at least 4 members (excludes halogenated alkanes) is 4. The minimum atomic E-state index is -0.387. The lowest BCUT2D eigenvalue weighted by molar-refractivity contribution is -0.136. The molecule has 0 aromatic heterocycles. The summed E-state index contributed by atoms with van der Waals surface area (Å²) in [5.41, 5.74) is 0. The van der Waals surface area contributed by atoms with Crippen molar-refractivity contribution in [3.8, 4) is 11.8 Å². The first kappa shape index (κ1) is 13.0. The molecule has 0 amide bonds. The second kappa shape index (κ2) is 10.1. The van der Waals surface area contributed by atoms with Crippen LogP contribution in [0.4, 0.5) is 0 Å². The maximum absolute atomic E-state index is 10.9. The average molecular weight is 196 g/mol. The molecule has 0 saturated carbocycles. The number of rotatable bonds is 6. The summed E-state index contributed by atoms with van der Waals surface area (Å²) in [4.78, 5) is 10.9. The molecule has 0 rings (SSSR count). The summed E-state index contributed by atoms with van der Waals surface area (Å²) in [6, 6.07) is 0. The zero-order valence-electron chi connectivity index (χ0n) is 9.27. The summed E-state index contributed by atoms with van der Waals surface area (Å²) in [5.74, 6) is 4.92. The molecule has 0 heterocycles. The Labute approximate surface area is 87.0 Å². The Morgan fingerprint density at radius 1 is 1.14 bits per heavy atom. The van der Waals surface area contributed by atoms with Gasteiger partial charge in [-0.15, -0.1) is 0 Å². The van der Waals surface area contributed by atoms with E-state index in [1.807, 2.05) is 6.92 Å². The van der Waals surface area contributed by atoms with Gasteiger partial charge in [0.25, 0.3) is 0 Å². The van der Waals surface area contributed by atoms with Crippen molar-refractivity contribution in [3.63, 3.8) is 0 Å². The lowest BCUT2D eigenvalue weighted by Gasteiger charge is -1.94. The van der Waals surface area contributed by atoms with Gasteiger partial charge in [0.15, 0.2) is 0 Å². The molecule has 0 bridgehead atoms. The van der Waals surface area contributed by atoms with Crippen LogP contribution in [-0.2, 0) is 9.53 Å². The van der Waals surface area contributed by atoms with E-state index < -0.39 is 0 Å². The Morgan fingerprint density at radius 2 is 1.93 bits per heavy atom. The lowest BCUT2D eigenvalue weighted by atomic mass is 10.2. The van der Waals surface area contributed by atoms with Crippen molar-refractivity contribution in [1.82, 2.24) is 0 Å². The van der Waals surface area contributed by atoms with Crippen LogP contribution in [0.2, 0.25) is 0 Å². The lowest BCUT2D eigenvalue weighted by Crippen LogP contribution is -2.01. The van der Waals surface area contributed by atoms with E-state index in [0.29, 0.717) is 6.61 Å². The highest BCUT2D eigenvalue weighted by molar-refractivity contribution is 5.88. The van der Waals surface area contributed by atoms with Gasteiger partial charge in [-0.2, -0.15) is 0 Å². The zero-order chi connectivity index (χ0) is 10.6. The summed E-state index contributed by atoms with van der Waals surface area (Å²) in [6.45, 7) is 4.61. The van der Waals surface area contributed by atoms with Gasteiger partial charge in [0.1, 0.15) is 0 Å². The van der Waals surface area contributed by atoms with E-state index in [1.165, 1.54) is 19.3 Å². The van der Waals surface area contributed by atoms with Crippen LogP contribution in [0.15, 0.2) is 0 Å². The molecule has 0 aliphatic rings. The van der Waals surface area contributed by atoms with Crippen molar-refractivity contribution in [3.05, 3.63) is 0 Å². The summed E-state index contributed by atoms with van der Waals surface area (Å²) in [5, 5.41) is 0. The minimum Gasteiger partial charge on any atom is -0.456 e. The predicted octanol–water partition coefficient (Wildman–Crippen LogP) is 2.91. The van der Waals surface area contributed by atoms with Crippen molar-refractivity contribution in [2.24, 2.45) is 0 Å². The number of esters is 1. The van der Waals surface area contributed by atoms with Gasteiger partial charge in [0, 0.05) is 12.3 Å². The maximum Gasteiger partial charge on any atom is 0.384 e. The van der Waals surface area contributed by atoms with Crippen LogP contribution in [0, 0.1) is 11.8 Å². The van der Waals surface area contributed by atoms with Crippen molar-refractivity contribution >= 4 is 5.97 Å². The molecule has 14 heavy (non-hydrogen) atoms. The predicted molar refractivity (Wildman–Crippen MR) is 57.8 cm³/mol. The molecule has 0 radical (unpaired) electrons. The summed E-state index contributed by atoms with van der Waals surface area (Å²) in [6.07, 6.45) is 6.43. The van der Waals surface area contributed by atoms with Crippen LogP contribution < -0.4 is 0 Å². The van der Waals surface area contributed by atoms with E-state index in [0.717, 1.165) is 19.3 Å². The van der Waals surface area contributed by atoms with Crippen molar-refractivity contribution in [2.75, 3.05) is 6.61 Å². The summed E-state index contributed by atoms with van der Waals surface area (Å²) < 4.78 is 4.81. The normalized spacial score (nSPS) is 9.00. The highest BCUT2D eigenvalue weighted by Gasteiger charge is 1.93. The fourth-order valence-corrected chi connectivity index (χ4v) is 1.01. The third-order valence-electron chi connectivity index (χ3n) is 1.78. The largest absolute Gasteiger partial charge is 0.456 e. The monoisotopic (exact) mass is 196 g/mol. The maximum atomic E-state index is 10.9. The molecule has 0 N–H and O–H groups in total. The van der Waals surface area contributed by atoms with Crippen LogP contribution in [0.3, 0.4) is 0 Å². The van der Waals surface area contributed by atoms with Crippen molar-refractivity contribution < 1.29 is 9.53 Å². The molecule has 0 aliphatic carbocycles. The Morgan fingerprint density at radius 3 is 2.57 bits per heavy atom. The van der Waals surface area contributed by atoms with E-state index in [4.69, 9.17) is 4.74 Å². The first-order chi connectivity index (χ1) is 6.81. The number of hydrogen-bond acceptors (Lipinski definition) is 2. The molecular formula is C12H20O2. The second-order valence-electron chi connectivity index (χ2n) is 3.25. The third-order valence-corrected chi connectivity index (χ3v) is 1.78. The number of carbonyl (C=O) groups excluding carboxylic acids is 1. The highest BCUT2D eigenvalue weighted by Crippen LogP contribution is 2.00. The number of ether oxygens (including phenoxy) is 1. The molecule has 0 aromatic rings. The van der Waals surface area contributed by atoms with Crippen LogP contribution in [0.1, 0.15) is 52.4 Å². The van der Waals surface area contributed by atoms with E-state index in [-0.39, 0.29) is 5.97 Å². The standard InChI is InChI=1S/C12H20O2/c1-3-5-6-7-8-9-10-12(13)14-11-4-2/h3-8,11H2,1-2H3. The fourth-order valence-electron chi connectivity index (χ4n) is 1.01. The van der Waals surface area contributed by atoms with Gasteiger partial charge < -0.3 is 4.74 Å². The highest BCUT2D eigenvalue weighted by atomic mass is 16.5. The second-order valence-corrected chi connectivity index (χ2v) is 3.25. The van der Waals surface area contributed by atoms with Crippen molar-refractivity contribution in [2.45, 2.75) is 52.4 Å². The Hall–Kier alpha value is -0.970. The van der Waals surface area contributed by atoms with E-state index in [1.54, 1.807) is 0 Å². The van der Waals surface area contributed by atoms with Gasteiger partial charge in [-0.25, -0.2) is 4.79 Å². The van der Waals surface area contributed by atoms with E-state index in [2.05, 4.69) is 18.8 Å². The number of carbonyl (C=O) groups is 1. The molecule has 0 saturated heterocycles. The molecule has 0 atom stereocenters. The van der Waals surface area contributed by atoms with Crippen LogP contribution in [0.25, 0.3) is 0 Å². The minimum absolute atomic E-state index is 0.387. The summed E-state index contributed by atoms with van der Waals surface area (Å²) >= 11 is 0. The molecule has 0 aromatic carbocycles. The molecule has 2 heteroatoms. The van der Waals surface area contributed by atoms with Crippen LogP contribution in [-0.4, -0.2) is 12.6 Å². The van der Waals surface area contributed by atoms with E-state index in [9.17, 15) is 4.79 Å². The first-order valence-electron chi connectivity index (χ1n) is 5.46. The zero-order valence-corrected chi connectivity index (χ0v) is 9.27. The van der Waals surface area contributed by atoms with Gasteiger partial charge in [-0.05, 0) is 12.8 Å². The third kappa shape index (κ3) is 9.12. The summed E-state index contributed by atoms with van der Waals surface area (Å²) in [7, 11) is 0. The van der Waals surface area contributed by atoms with Gasteiger partial charge in [0.05, 0.1) is 6.61 Å². The first-order valence-corrected chi connectivity index (χ1v) is 5.46. The van der Waals surface area contributed by atoms with Gasteiger partial charge in [-0.3, -0.25) is 0 Å². The number of hydrogen-bond donors (Lipinski definition) is 0. The Bertz CT molecular complexity index is 198. The van der Waals surface area contributed by atoms with Crippen molar-refractivity contribution in [1.29, 1.82) is 0 Å². The molecule has 0 fully saturated rings.